The molecule has 1 amide bonds. The summed E-state index contributed by atoms with van der Waals surface area (Å²) in [5.74, 6) is -0.261. The van der Waals surface area contributed by atoms with Gasteiger partial charge in [0.15, 0.2) is 17.1 Å². The van der Waals surface area contributed by atoms with Gasteiger partial charge in [-0.05, 0) is 36.4 Å². The van der Waals surface area contributed by atoms with Gasteiger partial charge in [-0.25, -0.2) is 14.5 Å². The number of pyridine rings is 1. The van der Waals surface area contributed by atoms with Gasteiger partial charge < -0.3 is 20.9 Å². The van der Waals surface area contributed by atoms with E-state index in [9.17, 15) is 18.0 Å². The number of amides is 1. The number of rotatable bonds is 7. The molecule has 12 heteroatoms. The molecule has 0 saturated carbocycles. The number of carbonyl (C=O) groups is 1. The van der Waals surface area contributed by atoms with Gasteiger partial charge in [0.1, 0.15) is 5.82 Å². The number of ether oxygens (including phenoxy) is 2. The van der Waals surface area contributed by atoms with Crippen molar-refractivity contribution in [1.29, 1.82) is 0 Å². The zero-order valence-corrected chi connectivity index (χ0v) is 17.8. The first-order valence-electron chi connectivity index (χ1n) is 9.94. The molecule has 0 aliphatic heterocycles. The lowest BCUT2D eigenvalue weighted by atomic mass is 10.1. The van der Waals surface area contributed by atoms with E-state index in [1.54, 1.807) is 30.3 Å². The average molecular weight is 472 g/mol. The number of alkyl halides is 3. The molecule has 0 radical (unpaired) electrons. The number of fused-ring (bicyclic) bond motifs is 1. The van der Waals surface area contributed by atoms with Gasteiger partial charge in [0, 0.05) is 17.3 Å². The van der Waals surface area contributed by atoms with Crippen LogP contribution in [0.2, 0.25) is 0 Å². The van der Waals surface area contributed by atoms with E-state index in [0.717, 1.165) is 6.07 Å². The molecule has 0 fully saturated rings. The second-order valence-corrected chi connectivity index (χ2v) is 7.22. The molecule has 9 nitrogen and oxygen atoms in total. The van der Waals surface area contributed by atoms with Crippen LogP contribution < -0.4 is 20.9 Å². The molecule has 0 unspecified atom stereocenters. The molecule has 34 heavy (non-hydrogen) atoms. The first-order valence-corrected chi connectivity index (χ1v) is 9.94. The van der Waals surface area contributed by atoms with Gasteiger partial charge in [0.2, 0.25) is 5.91 Å². The number of nitrogen functional groups attached to an aromatic ring is 1. The maximum absolute atomic E-state index is 13.3. The number of carbonyl (C=O) groups excluding carboxylic acids is 1. The summed E-state index contributed by atoms with van der Waals surface area (Å²) in [6.45, 7) is 0.100. The number of methoxy groups -OCH3 is 1. The number of imidazole rings is 1. The summed E-state index contributed by atoms with van der Waals surface area (Å²) in [6.07, 6.45) is -1.94. The van der Waals surface area contributed by atoms with E-state index < -0.39 is 23.5 Å². The van der Waals surface area contributed by atoms with Crippen molar-refractivity contribution in [2.75, 3.05) is 19.5 Å². The molecule has 0 aliphatic rings. The Morgan fingerprint density at radius 3 is 2.56 bits per heavy atom. The summed E-state index contributed by atoms with van der Waals surface area (Å²) in [6, 6.07) is 9.41. The second kappa shape index (κ2) is 8.89. The highest BCUT2D eigenvalue weighted by Crippen LogP contribution is 2.36. The van der Waals surface area contributed by atoms with Crippen LogP contribution >= 0.6 is 0 Å². The standard InChI is InChI=1S/C22H19F3N6O3/c1-33-18-9-12(2-4-17(18)34-7-6-19(26)32)15-3-5-20-28-11-16(31(20)30-15)13-8-14(22(23,24)25)21(27)29-10-13/h2-5,8-11H,6-7H2,1H3,(H2,26,32)(H2,27,29). The summed E-state index contributed by atoms with van der Waals surface area (Å²) in [5, 5.41) is 4.54. The molecule has 0 spiro atoms. The maximum Gasteiger partial charge on any atom is 0.419 e. The fourth-order valence-corrected chi connectivity index (χ4v) is 3.27. The van der Waals surface area contributed by atoms with Crippen molar-refractivity contribution in [2.24, 2.45) is 5.73 Å². The SMILES string of the molecule is COc1cc(-c2ccc3ncc(-c4cnc(N)c(C(F)(F)F)c4)n3n2)ccc1OCCC(N)=O. The van der Waals surface area contributed by atoms with Gasteiger partial charge in [-0.15, -0.1) is 0 Å². The quantitative estimate of drug-likeness (QED) is 0.422. The Hall–Kier alpha value is -4.35. The molecule has 0 saturated heterocycles. The summed E-state index contributed by atoms with van der Waals surface area (Å²) < 4.78 is 52.2. The van der Waals surface area contributed by atoms with Crippen molar-refractivity contribution in [3.63, 3.8) is 0 Å². The Labute approximate surface area is 191 Å². The van der Waals surface area contributed by atoms with E-state index in [2.05, 4.69) is 15.1 Å². The molecule has 4 N–H and O–H groups in total. The highest BCUT2D eigenvalue weighted by molar-refractivity contribution is 5.74. The third-order valence-electron chi connectivity index (χ3n) is 4.95. The summed E-state index contributed by atoms with van der Waals surface area (Å²) in [7, 11) is 1.47. The molecule has 176 valence electrons. The average Bonchev–Trinajstić information content (AvgIpc) is 3.22. The van der Waals surface area contributed by atoms with Crippen LogP contribution in [0.1, 0.15) is 12.0 Å². The zero-order chi connectivity index (χ0) is 24.5. The maximum atomic E-state index is 13.3. The number of hydrogen-bond donors (Lipinski definition) is 2. The van der Waals surface area contributed by atoms with Crippen molar-refractivity contribution >= 4 is 17.4 Å². The lowest BCUT2D eigenvalue weighted by molar-refractivity contribution is -0.137. The third kappa shape index (κ3) is 4.56. The fraction of sp³-hybridized carbons (Fsp3) is 0.182. The van der Waals surface area contributed by atoms with E-state index in [4.69, 9.17) is 20.9 Å². The van der Waals surface area contributed by atoms with Gasteiger partial charge in [-0.2, -0.15) is 18.3 Å². The molecule has 0 bridgehead atoms. The van der Waals surface area contributed by atoms with Crippen molar-refractivity contribution in [3.05, 3.63) is 54.4 Å². The lowest BCUT2D eigenvalue weighted by Crippen LogP contribution is -2.14. The van der Waals surface area contributed by atoms with Crippen LogP contribution in [-0.2, 0) is 11.0 Å². The Balaban J connectivity index is 1.72. The van der Waals surface area contributed by atoms with Gasteiger partial charge in [-0.3, -0.25) is 4.79 Å². The zero-order valence-electron chi connectivity index (χ0n) is 17.8. The van der Waals surface area contributed by atoms with Gasteiger partial charge in [0.25, 0.3) is 0 Å². The van der Waals surface area contributed by atoms with E-state index in [-0.39, 0.29) is 18.6 Å². The number of anilines is 1. The van der Waals surface area contributed by atoms with Crippen LogP contribution in [0.25, 0.3) is 28.2 Å². The predicted octanol–water partition coefficient (Wildman–Crippen LogP) is 3.32. The number of hydrogen-bond acceptors (Lipinski definition) is 7. The highest BCUT2D eigenvalue weighted by Gasteiger charge is 2.34. The van der Waals surface area contributed by atoms with Crippen LogP contribution in [0.5, 0.6) is 11.5 Å². The first kappa shape index (κ1) is 22.8. The summed E-state index contributed by atoms with van der Waals surface area (Å²) in [4.78, 5) is 18.8. The van der Waals surface area contributed by atoms with Crippen molar-refractivity contribution < 1.29 is 27.4 Å². The topological polar surface area (TPSA) is 131 Å². The van der Waals surface area contributed by atoms with Crippen LogP contribution in [0, 0.1) is 0 Å². The Morgan fingerprint density at radius 2 is 1.85 bits per heavy atom. The number of aromatic nitrogens is 4. The minimum atomic E-state index is -4.65. The van der Waals surface area contributed by atoms with Crippen molar-refractivity contribution in [3.8, 4) is 34.0 Å². The van der Waals surface area contributed by atoms with E-state index in [0.29, 0.717) is 34.1 Å². The molecular formula is C22H19F3N6O3. The van der Waals surface area contributed by atoms with E-state index >= 15 is 0 Å². The Bertz CT molecular complexity index is 1370. The predicted molar refractivity (Wildman–Crippen MR) is 117 cm³/mol. The normalized spacial score (nSPS) is 11.5. The van der Waals surface area contributed by atoms with E-state index in [1.165, 1.54) is 24.0 Å². The van der Waals surface area contributed by atoms with E-state index in [1.807, 2.05) is 0 Å². The highest BCUT2D eigenvalue weighted by atomic mass is 19.4. The second-order valence-electron chi connectivity index (χ2n) is 7.22. The van der Waals surface area contributed by atoms with Crippen LogP contribution in [0.4, 0.5) is 19.0 Å². The minimum absolute atomic E-state index is 0.0581. The molecule has 3 aromatic heterocycles. The molecule has 0 aliphatic carbocycles. The van der Waals surface area contributed by atoms with Crippen molar-refractivity contribution in [2.45, 2.75) is 12.6 Å². The molecule has 1 aromatic carbocycles. The largest absolute Gasteiger partial charge is 0.493 e. The number of benzene rings is 1. The number of nitrogens with zero attached hydrogens (tertiary/aromatic N) is 4. The monoisotopic (exact) mass is 472 g/mol. The van der Waals surface area contributed by atoms with Gasteiger partial charge in [-0.1, -0.05) is 0 Å². The van der Waals surface area contributed by atoms with Crippen LogP contribution in [0.3, 0.4) is 0 Å². The van der Waals surface area contributed by atoms with Crippen molar-refractivity contribution in [1.82, 2.24) is 19.6 Å². The summed E-state index contributed by atoms with van der Waals surface area (Å²) >= 11 is 0. The minimum Gasteiger partial charge on any atom is -0.493 e. The molecule has 4 aromatic rings. The number of nitrogens with two attached hydrogens (primary N) is 2. The Morgan fingerprint density at radius 1 is 1.06 bits per heavy atom. The number of primary amides is 1. The third-order valence-corrected chi connectivity index (χ3v) is 4.95. The number of halogens is 3. The molecule has 0 atom stereocenters. The van der Waals surface area contributed by atoms with Gasteiger partial charge >= 0.3 is 6.18 Å². The first-order chi connectivity index (χ1) is 16.2. The molecule has 3 heterocycles. The summed E-state index contributed by atoms with van der Waals surface area (Å²) in [5.41, 5.74) is 11.6. The molecule has 4 rings (SSSR count). The van der Waals surface area contributed by atoms with Crippen LogP contribution in [0.15, 0.2) is 48.8 Å². The smallest absolute Gasteiger partial charge is 0.419 e. The van der Waals surface area contributed by atoms with Crippen LogP contribution in [-0.4, -0.2) is 39.2 Å². The molecular weight excluding hydrogens is 453 g/mol. The Kier molecular flexibility index (Phi) is 5.97. The fourth-order valence-electron chi connectivity index (χ4n) is 3.27. The van der Waals surface area contributed by atoms with Gasteiger partial charge in [0.05, 0.1) is 43.3 Å². The lowest BCUT2D eigenvalue weighted by Gasteiger charge is -2.12.